The monoisotopic (exact) mass is 252 g/mol. The lowest BCUT2D eigenvalue weighted by atomic mass is 10.1. The summed E-state index contributed by atoms with van der Waals surface area (Å²) in [6, 6.07) is 0. The molecule has 4 nitrogen and oxygen atoms in total. The Morgan fingerprint density at radius 3 is 2.33 bits per heavy atom. The number of aromatic nitrogens is 2. The fraction of sp³-hybridized carbons (Fsp3) is 0.714. The zero-order valence-corrected chi connectivity index (χ0v) is 11.3. The minimum Gasteiger partial charge on any atom is -0.481 e. The Morgan fingerprint density at radius 1 is 1.17 bits per heavy atom. The van der Waals surface area contributed by atoms with Gasteiger partial charge in [-0.3, -0.25) is 4.79 Å². The van der Waals surface area contributed by atoms with Crippen LogP contribution in [0.3, 0.4) is 0 Å². The normalized spacial score (nSPS) is 10.7. The predicted octanol–water partition coefficient (Wildman–Crippen LogP) is 3.40. The number of rotatable bonds is 10. The largest absolute Gasteiger partial charge is 0.481 e. The van der Waals surface area contributed by atoms with Crippen LogP contribution in [-0.4, -0.2) is 20.6 Å². The minimum atomic E-state index is -0.675. The molecule has 0 amide bonds. The summed E-state index contributed by atoms with van der Waals surface area (Å²) in [5.41, 5.74) is 0. The quantitative estimate of drug-likeness (QED) is 0.649. The molecule has 18 heavy (non-hydrogen) atoms. The van der Waals surface area contributed by atoms with Gasteiger partial charge in [-0.2, -0.15) is 0 Å². The number of nitrogens with zero attached hydrogens (tertiary/aromatic N) is 2. The molecule has 0 bridgehead atoms. The van der Waals surface area contributed by atoms with Crippen molar-refractivity contribution in [2.45, 2.75) is 64.8 Å². The van der Waals surface area contributed by atoms with Crippen molar-refractivity contribution in [2.24, 2.45) is 0 Å². The van der Waals surface area contributed by atoms with Gasteiger partial charge in [0.25, 0.3) is 0 Å². The second kappa shape index (κ2) is 8.72. The lowest BCUT2D eigenvalue weighted by Crippen LogP contribution is -1.99. The SMILES string of the molecule is Cc1nccn1CCCCCCCCCC(=O)O. The summed E-state index contributed by atoms with van der Waals surface area (Å²) in [6.07, 6.45) is 12.2. The molecule has 0 aromatic carbocycles. The Hall–Kier alpha value is -1.32. The molecule has 0 unspecified atom stereocenters. The molecule has 0 radical (unpaired) electrons. The van der Waals surface area contributed by atoms with Crippen LogP contribution in [0.1, 0.15) is 57.2 Å². The van der Waals surface area contributed by atoms with Crippen LogP contribution in [0.2, 0.25) is 0 Å². The van der Waals surface area contributed by atoms with Gasteiger partial charge in [-0.15, -0.1) is 0 Å². The maximum Gasteiger partial charge on any atom is 0.303 e. The first-order chi connectivity index (χ1) is 8.70. The highest BCUT2D eigenvalue weighted by Crippen LogP contribution is 2.09. The van der Waals surface area contributed by atoms with Crippen LogP contribution in [-0.2, 0) is 11.3 Å². The van der Waals surface area contributed by atoms with Crippen LogP contribution in [0.15, 0.2) is 12.4 Å². The highest BCUT2D eigenvalue weighted by molar-refractivity contribution is 5.66. The number of carboxylic acids is 1. The lowest BCUT2D eigenvalue weighted by Gasteiger charge is -2.04. The summed E-state index contributed by atoms with van der Waals surface area (Å²) in [5.74, 6) is 0.411. The summed E-state index contributed by atoms with van der Waals surface area (Å²) in [4.78, 5) is 14.5. The number of hydrogen-bond acceptors (Lipinski definition) is 2. The molecule has 0 aliphatic heterocycles. The standard InChI is InChI=1S/C14H24N2O2/c1-13-15-10-12-16(13)11-8-6-4-2-3-5-7-9-14(17)18/h10,12H,2-9,11H2,1H3,(H,17,18). The first-order valence-corrected chi connectivity index (χ1v) is 6.89. The van der Waals surface area contributed by atoms with Crippen LogP contribution in [0.4, 0.5) is 0 Å². The van der Waals surface area contributed by atoms with Crippen molar-refractivity contribution >= 4 is 5.97 Å². The number of carboxylic acid groups (broad SMARTS) is 1. The average Bonchev–Trinajstić information content (AvgIpc) is 2.72. The Bertz CT molecular complexity index is 347. The molecule has 1 N–H and O–H groups in total. The molecule has 4 heteroatoms. The first kappa shape index (κ1) is 14.7. The van der Waals surface area contributed by atoms with Gasteiger partial charge in [-0.1, -0.05) is 32.1 Å². The molecule has 0 fully saturated rings. The van der Waals surface area contributed by atoms with Crippen LogP contribution in [0, 0.1) is 6.92 Å². The topological polar surface area (TPSA) is 55.1 Å². The molecule has 102 valence electrons. The van der Waals surface area contributed by atoms with Gasteiger partial charge in [-0.05, 0) is 19.8 Å². The Balaban J connectivity index is 1.87. The zero-order valence-electron chi connectivity index (χ0n) is 11.3. The first-order valence-electron chi connectivity index (χ1n) is 6.89. The second-order valence-corrected chi connectivity index (χ2v) is 4.79. The van der Waals surface area contributed by atoms with Crippen molar-refractivity contribution in [3.8, 4) is 0 Å². The van der Waals surface area contributed by atoms with E-state index in [4.69, 9.17) is 5.11 Å². The number of hydrogen-bond donors (Lipinski definition) is 1. The van der Waals surface area contributed by atoms with Gasteiger partial charge >= 0.3 is 5.97 Å². The highest BCUT2D eigenvalue weighted by Gasteiger charge is 1.98. The molecule has 0 atom stereocenters. The van der Waals surface area contributed by atoms with E-state index in [0.717, 1.165) is 31.6 Å². The third kappa shape index (κ3) is 6.42. The van der Waals surface area contributed by atoms with Crippen molar-refractivity contribution in [2.75, 3.05) is 0 Å². The van der Waals surface area contributed by atoms with E-state index in [0.29, 0.717) is 6.42 Å². The third-order valence-electron chi connectivity index (χ3n) is 3.21. The fourth-order valence-electron chi connectivity index (χ4n) is 2.08. The van der Waals surface area contributed by atoms with E-state index in [1.165, 1.54) is 25.7 Å². The predicted molar refractivity (Wildman–Crippen MR) is 71.5 cm³/mol. The van der Waals surface area contributed by atoms with Crippen molar-refractivity contribution in [1.29, 1.82) is 0 Å². The Labute approximate surface area is 109 Å². The molecule has 0 saturated heterocycles. The molecule has 1 aromatic heterocycles. The summed E-state index contributed by atoms with van der Waals surface area (Å²) in [6.45, 7) is 3.09. The van der Waals surface area contributed by atoms with E-state index in [-0.39, 0.29) is 0 Å². The van der Waals surface area contributed by atoms with Crippen LogP contribution in [0.5, 0.6) is 0 Å². The number of imidazole rings is 1. The van der Waals surface area contributed by atoms with E-state index in [1.807, 2.05) is 19.3 Å². The van der Waals surface area contributed by atoms with Gasteiger partial charge < -0.3 is 9.67 Å². The molecule has 0 aliphatic carbocycles. The van der Waals surface area contributed by atoms with E-state index in [1.54, 1.807) is 0 Å². The minimum absolute atomic E-state index is 0.319. The average molecular weight is 252 g/mol. The van der Waals surface area contributed by atoms with Gasteiger partial charge in [0.1, 0.15) is 5.82 Å². The van der Waals surface area contributed by atoms with Crippen molar-refractivity contribution in [3.05, 3.63) is 18.2 Å². The van der Waals surface area contributed by atoms with Crippen molar-refractivity contribution < 1.29 is 9.90 Å². The number of carbonyl (C=O) groups is 1. The fourth-order valence-corrected chi connectivity index (χ4v) is 2.08. The smallest absolute Gasteiger partial charge is 0.303 e. The summed E-state index contributed by atoms with van der Waals surface area (Å²) < 4.78 is 2.19. The van der Waals surface area contributed by atoms with Crippen LogP contribution >= 0.6 is 0 Å². The van der Waals surface area contributed by atoms with Gasteiger partial charge in [0.2, 0.25) is 0 Å². The van der Waals surface area contributed by atoms with E-state index >= 15 is 0 Å². The maximum atomic E-state index is 10.3. The van der Waals surface area contributed by atoms with Gasteiger partial charge in [0.05, 0.1) is 0 Å². The second-order valence-electron chi connectivity index (χ2n) is 4.79. The number of aryl methyl sites for hydroxylation is 2. The van der Waals surface area contributed by atoms with Gasteiger partial charge in [0, 0.05) is 25.4 Å². The lowest BCUT2D eigenvalue weighted by molar-refractivity contribution is -0.137. The molecule has 1 rings (SSSR count). The molecular weight excluding hydrogens is 228 g/mol. The zero-order chi connectivity index (χ0) is 13.2. The highest BCUT2D eigenvalue weighted by atomic mass is 16.4. The molecule has 0 aliphatic rings. The number of unbranched alkanes of at least 4 members (excludes halogenated alkanes) is 6. The van der Waals surface area contributed by atoms with Crippen LogP contribution in [0.25, 0.3) is 0 Å². The summed E-state index contributed by atoms with van der Waals surface area (Å²) >= 11 is 0. The molecule has 0 spiro atoms. The molecule has 1 aromatic rings. The Kier molecular flexibility index (Phi) is 7.14. The summed E-state index contributed by atoms with van der Waals surface area (Å²) in [7, 11) is 0. The van der Waals surface area contributed by atoms with Gasteiger partial charge in [0.15, 0.2) is 0 Å². The number of aliphatic carboxylic acids is 1. The summed E-state index contributed by atoms with van der Waals surface area (Å²) in [5, 5.41) is 8.49. The molecular formula is C14H24N2O2. The van der Waals surface area contributed by atoms with E-state index in [9.17, 15) is 4.79 Å². The van der Waals surface area contributed by atoms with Crippen molar-refractivity contribution in [3.63, 3.8) is 0 Å². The van der Waals surface area contributed by atoms with E-state index < -0.39 is 5.97 Å². The third-order valence-corrected chi connectivity index (χ3v) is 3.21. The van der Waals surface area contributed by atoms with Gasteiger partial charge in [-0.25, -0.2) is 4.98 Å². The Morgan fingerprint density at radius 2 is 1.78 bits per heavy atom. The molecule has 1 heterocycles. The van der Waals surface area contributed by atoms with Crippen molar-refractivity contribution in [1.82, 2.24) is 9.55 Å². The molecule has 0 saturated carbocycles. The van der Waals surface area contributed by atoms with Crippen LogP contribution < -0.4 is 0 Å². The maximum absolute atomic E-state index is 10.3. The van der Waals surface area contributed by atoms with E-state index in [2.05, 4.69) is 9.55 Å².